The van der Waals surface area contributed by atoms with Crippen LogP contribution in [0.5, 0.6) is 0 Å². The number of benzene rings is 2. The molecular weight excluding hydrogens is 307 g/mol. The molecule has 0 heterocycles. The van der Waals surface area contributed by atoms with E-state index < -0.39 is 11.7 Å². The van der Waals surface area contributed by atoms with Crippen molar-refractivity contribution in [3.8, 4) is 0 Å². The third-order valence-corrected chi connectivity index (χ3v) is 3.17. The predicted octanol–water partition coefficient (Wildman–Crippen LogP) is 3.62. The lowest BCUT2D eigenvalue weighted by Gasteiger charge is -2.12. The van der Waals surface area contributed by atoms with E-state index in [1.54, 1.807) is 42.5 Å². The second-order valence-electron chi connectivity index (χ2n) is 5.52. The first kappa shape index (κ1) is 17.4. The lowest BCUT2D eigenvalue weighted by atomic mass is 10.1. The van der Waals surface area contributed by atoms with Gasteiger partial charge < -0.3 is 10.6 Å². The Labute approximate surface area is 140 Å². The van der Waals surface area contributed by atoms with E-state index >= 15 is 0 Å². The van der Waals surface area contributed by atoms with Gasteiger partial charge in [0.25, 0.3) is 5.91 Å². The van der Waals surface area contributed by atoms with E-state index in [0.29, 0.717) is 16.8 Å². The van der Waals surface area contributed by atoms with Gasteiger partial charge in [-0.2, -0.15) is 0 Å². The van der Waals surface area contributed by atoms with Gasteiger partial charge in [-0.05, 0) is 38.1 Å². The van der Waals surface area contributed by atoms with Crippen LogP contribution in [-0.2, 0) is 4.79 Å². The molecule has 0 bridgehead atoms. The molecule has 0 aliphatic rings. The van der Waals surface area contributed by atoms with Gasteiger partial charge in [0.1, 0.15) is 5.82 Å². The van der Waals surface area contributed by atoms with Gasteiger partial charge in [-0.3, -0.25) is 9.59 Å². The molecule has 0 aliphatic heterocycles. The summed E-state index contributed by atoms with van der Waals surface area (Å²) in [4.78, 5) is 24.2. The van der Waals surface area contributed by atoms with Gasteiger partial charge in [-0.15, -0.1) is 0 Å². The lowest BCUT2D eigenvalue weighted by Crippen LogP contribution is -2.30. The average Bonchev–Trinajstić information content (AvgIpc) is 2.54. The van der Waals surface area contributed by atoms with Crippen LogP contribution in [-0.4, -0.2) is 17.9 Å². The van der Waals surface area contributed by atoms with Crippen molar-refractivity contribution < 1.29 is 14.0 Å². The van der Waals surface area contributed by atoms with E-state index in [-0.39, 0.29) is 11.9 Å². The summed E-state index contributed by atoms with van der Waals surface area (Å²) in [5, 5.41) is 5.43. The topological polar surface area (TPSA) is 58.2 Å². The molecular formula is C19H19FN2O2. The molecule has 4 nitrogen and oxygen atoms in total. The Balaban J connectivity index is 2.12. The number of carbonyl (C=O) groups is 2. The summed E-state index contributed by atoms with van der Waals surface area (Å²) >= 11 is 0. The summed E-state index contributed by atoms with van der Waals surface area (Å²) in [6.07, 6.45) is 2.62. The van der Waals surface area contributed by atoms with Gasteiger partial charge in [0.05, 0.1) is 11.3 Å². The van der Waals surface area contributed by atoms with Gasteiger partial charge in [0, 0.05) is 17.7 Å². The number of carbonyl (C=O) groups excluding carboxylic acids is 2. The van der Waals surface area contributed by atoms with Crippen molar-refractivity contribution in [1.29, 1.82) is 0 Å². The quantitative estimate of drug-likeness (QED) is 0.825. The van der Waals surface area contributed by atoms with Gasteiger partial charge in [-0.1, -0.05) is 30.3 Å². The van der Waals surface area contributed by atoms with Crippen LogP contribution in [0.15, 0.2) is 54.6 Å². The second kappa shape index (κ2) is 8.06. The van der Waals surface area contributed by atoms with Crippen LogP contribution in [0.1, 0.15) is 29.8 Å². The highest BCUT2D eigenvalue weighted by molar-refractivity contribution is 6.07. The number of amides is 2. The number of hydrogen-bond donors (Lipinski definition) is 2. The Morgan fingerprint density at radius 2 is 1.71 bits per heavy atom. The molecule has 0 aliphatic carbocycles. The summed E-state index contributed by atoms with van der Waals surface area (Å²) in [7, 11) is 0. The third kappa shape index (κ3) is 4.78. The maximum Gasteiger partial charge on any atom is 0.253 e. The van der Waals surface area contributed by atoms with Gasteiger partial charge in [0.2, 0.25) is 5.91 Å². The fourth-order valence-corrected chi connectivity index (χ4v) is 2.08. The normalized spacial score (nSPS) is 10.8. The smallest absolute Gasteiger partial charge is 0.253 e. The van der Waals surface area contributed by atoms with E-state index in [2.05, 4.69) is 10.6 Å². The lowest BCUT2D eigenvalue weighted by molar-refractivity contribution is -0.111. The first-order valence-corrected chi connectivity index (χ1v) is 7.61. The zero-order valence-electron chi connectivity index (χ0n) is 13.5. The number of halogens is 1. The molecule has 0 fully saturated rings. The maximum atomic E-state index is 13.5. The number of rotatable bonds is 5. The number of nitrogens with one attached hydrogen (secondary N) is 2. The Morgan fingerprint density at radius 1 is 1.04 bits per heavy atom. The molecule has 2 rings (SSSR count). The van der Waals surface area contributed by atoms with Crippen LogP contribution in [0.3, 0.4) is 0 Å². The fraction of sp³-hybridized carbons (Fsp3) is 0.158. The summed E-state index contributed by atoms with van der Waals surface area (Å²) in [6, 6.07) is 12.9. The van der Waals surface area contributed by atoms with Crippen molar-refractivity contribution in [2.45, 2.75) is 19.9 Å². The highest BCUT2D eigenvalue weighted by Crippen LogP contribution is 2.15. The average molecular weight is 326 g/mol. The molecule has 5 heteroatoms. The molecule has 2 N–H and O–H groups in total. The predicted molar refractivity (Wildman–Crippen MR) is 93.1 cm³/mol. The minimum atomic E-state index is -0.442. The largest absolute Gasteiger partial charge is 0.350 e. The van der Waals surface area contributed by atoms with Gasteiger partial charge >= 0.3 is 0 Å². The Morgan fingerprint density at radius 3 is 2.42 bits per heavy atom. The highest BCUT2D eigenvalue weighted by Gasteiger charge is 2.12. The van der Waals surface area contributed by atoms with Gasteiger partial charge in [-0.25, -0.2) is 4.39 Å². The Bertz CT molecular complexity index is 769. The van der Waals surface area contributed by atoms with Crippen LogP contribution in [0, 0.1) is 5.82 Å². The molecule has 0 aromatic heterocycles. The van der Waals surface area contributed by atoms with E-state index in [9.17, 15) is 14.0 Å². The summed E-state index contributed by atoms with van der Waals surface area (Å²) in [5.74, 6) is -1.11. The van der Waals surface area contributed by atoms with Crippen molar-refractivity contribution >= 4 is 23.6 Å². The monoisotopic (exact) mass is 326 g/mol. The SMILES string of the molecule is CC(C)NC(=O)c1ccccc1NC(=O)/C=C/c1ccccc1F. The Kier molecular flexibility index (Phi) is 5.84. The molecule has 0 saturated heterocycles. The molecule has 24 heavy (non-hydrogen) atoms. The van der Waals surface area contributed by atoms with Crippen molar-refractivity contribution in [2.24, 2.45) is 0 Å². The van der Waals surface area contributed by atoms with E-state index in [4.69, 9.17) is 0 Å². The molecule has 0 radical (unpaired) electrons. The van der Waals surface area contributed by atoms with Crippen LogP contribution < -0.4 is 10.6 Å². The van der Waals surface area contributed by atoms with Crippen molar-refractivity contribution in [3.05, 3.63) is 71.6 Å². The molecule has 0 saturated carbocycles. The minimum absolute atomic E-state index is 0.0118. The van der Waals surface area contributed by atoms with Crippen molar-refractivity contribution in [1.82, 2.24) is 5.32 Å². The summed E-state index contributed by atoms with van der Waals surface area (Å²) in [5.41, 5.74) is 1.09. The highest BCUT2D eigenvalue weighted by atomic mass is 19.1. The molecule has 0 spiro atoms. The summed E-state index contributed by atoms with van der Waals surface area (Å²) < 4.78 is 13.5. The van der Waals surface area contributed by atoms with Crippen LogP contribution in [0.4, 0.5) is 10.1 Å². The minimum Gasteiger partial charge on any atom is -0.350 e. The van der Waals surface area contributed by atoms with Crippen molar-refractivity contribution in [2.75, 3.05) is 5.32 Å². The molecule has 0 atom stereocenters. The van der Waals surface area contributed by atoms with Gasteiger partial charge in [0.15, 0.2) is 0 Å². The molecule has 124 valence electrons. The van der Waals surface area contributed by atoms with E-state index in [0.717, 1.165) is 0 Å². The van der Waals surface area contributed by atoms with Crippen LogP contribution in [0.2, 0.25) is 0 Å². The zero-order valence-corrected chi connectivity index (χ0v) is 13.5. The second-order valence-corrected chi connectivity index (χ2v) is 5.52. The van der Waals surface area contributed by atoms with Crippen molar-refractivity contribution in [3.63, 3.8) is 0 Å². The first-order valence-electron chi connectivity index (χ1n) is 7.61. The standard InChI is InChI=1S/C19H19FN2O2/c1-13(2)21-19(24)15-8-4-6-10-17(15)22-18(23)12-11-14-7-3-5-9-16(14)20/h3-13H,1-2H3,(H,21,24)(H,22,23)/b12-11+. The summed E-state index contributed by atoms with van der Waals surface area (Å²) in [6.45, 7) is 3.71. The molecule has 2 aromatic rings. The van der Waals surface area contributed by atoms with E-state index in [1.165, 1.54) is 18.2 Å². The zero-order chi connectivity index (χ0) is 17.5. The molecule has 0 unspecified atom stereocenters. The van der Waals surface area contributed by atoms with E-state index in [1.807, 2.05) is 13.8 Å². The van der Waals surface area contributed by atoms with Crippen LogP contribution >= 0.6 is 0 Å². The third-order valence-electron chi connectivity index (χ3n) is 3.17. The molecule has 2 aromatic carbocycles. The maximum absolute atomic E-state index is 13.5. The number of hydrogen-bond acceptors (Lipinski definition) is 2. The first-order chi connectivity index (χ1) is 11.5. The Hall–Kier alpha value is -2.95. The number of para-hydroxylation sites is 1. The number of anilines is 1. The fourth-order valence-electron chi connectivity index (χ4n) is 2.08. The van der Waals surface area contributed by atoms with Crippen LogP contribution in [0.25, 0.3) is 6.08 Å². The molecule has 2 amide bonds.